The Kier molecular flexibility index (Phi) is 4.13. The average molecular weight is 355 g/mol. The van der Waals surface area contributed by atoms with Crippen LogP contribution in [0.4, 0.5) is 0 Å². The van der Waals surface area contributed by atoms with E-state index >= 15 is 0 Å². The number of methoxy groups -OCH3 is 3. The molecule has 1 aliphatic heterocycles. The molecule has 0 saturated carbocycles. The first-order chi connectivity index (χ1) is 11.4. The molecule has 3 rings (SSSR count). The predicted octanol–water partition coefficient (Wildman–Crippen LogP) is 2.60. The first-order valence-corrected chi connectivity index (χ1v) is 7.91. The smallest absolute Gasteiger partial charge is 0.230 e. The molecule has 1 aliphatic carbocycles. The molecule has 0 amide bonds. The number of hydrogen-bond donors (Lipinski definition) is 1. The van der Waals surface area contributed by atoms with Gasteiger partial charge in [0, 0.05) is 12.0 Å². The summed E-state index contributed by atoms with van der Waals surface area (Å²) in [5, 5.41) is 10.2. The van der Waals surface area contributed by atoms with Crippen LogP contribution in [0.3, 0.4) is 0 Å². The van der Waals surface area contributed by atoms with Crippen molar-refractivity contribution in [1.82, 2.24) is 0 Å². The highest BCUT2D eigenvalue weighted by molar-refractivity contribution is 6.35. The fourth-order valence-electron chi connectivity index (χ4n) is 3.45. The van der Waals surface area contributed by atoms with Gasteiger partial charge in [0.15, 0.2) is 5.75 Å². The molecule has 0 unspecified atom stereocenters. The van der Waals surface area contributed by atoms with Crippen molar-refractivity contribution in [2.45, 2.75) is 25.0 Å². The lowest BCUT2D eigenvalue weighted by Gasteiger charge is -2.38. The number of carbonyl (C=O) groups is 1. The molecule has 1 N–H and O–H groups in total. The van der Waals surface area contributed by atoms with Crippen molar-refractivity contribution in [2.24, 2.45) is 5.92 Å². The van der Waals surface area contributed by atoms with Crippen molar-refractivity contribution in [3.05, 3.63) is 28.5 Å². The van der Waals surface area contributed by atoms with E-state index < -0.39 is 11.7 Å². The van der Waals surface area contributed by atoms with Gasteiger partial charge < -0.3 is 24.1 Å². The Morgan fingerprint density at radius 2 is 1.92 bits per heavy atom. The third-order valence-electron chi connectivity index (χ3n) is 4.64. The molecule has 6 nitrogen and oxygen atoms in total. The van der Waals surface area contributed by atoms with E-state index in [9.17, 15) is 9.90 Å². The maximum Gasteiger partial charge on any atom is 0.230 e. The Hall–Kier alpha value is -1.92. The summed E-state index contributed by atoms with van der Waals surface area (Å²) in [5.41, 5.74) is -1.10. The van der Waals surface area contributed by atoms with Gasteiger partial charge in [0.25, 0.3) is 0 Å². The van der Waals surface area contributed by atoms with Crippen molar-refractivity contribution in [3.63, 3.8) is 0 Å². The molecule has 0 fully saturated rings. The number of carbonyl (C=O) groups excluding carboxylic acids is 1. The van der Waals surface area contributed by atoms with E-state index in [0.29, 0.717) is 17.9 Å². The second-order valence-electron chi connectivity index (χ2n) is 5.91. The summed E-state index contributed by atoms with van der Waals surface area (Å²) in [6.07, 6.45) is 1.16. The van der Waals surface area contributed by atoms with Crippen LogP contribution in [0.1, 0.15) is 23.7 Å². The summed E-state index contributed by atoms with van der Waals surface area (Å²) < 4.78 is 22.0. The summed E-state index contributed by atoms with van der Waals surface area (Å²) in [4.78, 5) is 13.3. The van der Waals surface area contributed by atoms with Gasteiger partial charge in [-0.3, -0.25) is 4.79 Å². The van der Waals surface area contributed by atoms with Crippen LogP contribution in [0.15, 0.2) is 17.9 Å². The minimum Gasteiger partial charge on any atom is -0.497 e. The van der Waals surface area contributed by atoms with E-state index in [1.54, 1.807) is 6.07 Å². The minimum atomic E-state index is -1.36. The lowest BCUT2D eigenvalue weighted by Crippen LogP contribution is -2.52. The summed E-state index contributed by atoms with van der Waals surface area (Å²) >= 11 is 6.35. The van der Waals surface area contributed by atoms with Gasteiger partial charge in [-0.2, -0.15) is 0 Å². The summed E-state index contributed by atoms with van der Waals surface area (Å²) in [7, 11) is 4.37. The van der Waals surface area contributed by atoms with Crippen molar-refractivity contribution in [2.75, 3.05) is 21.3 Å². The average Bonchev–Trinajstić information content (AvgIpc) is 2.87. The number of ether oxygens (including phenoxy) is 4. The van der Waals surface area contributed by atoms with Crippen LogP contribution in [0.25, 0.3) is 0 Å². The van der Waals surface area contributed by atoms with Crippen molar-refractivity contribution in [3.8, 4) is 17.2 Å². The van der Waals surface area contributed by atoms with Crippen molar-refractivity contribution >= 4 is 17.4 Å². The summed E-state index contributed by atoms with van der Waals surface area (Å²) in [6, 6.07) is 1.56. The second-order valence-corrected chi connectivity index (χ2v) is 6.28. The Balaban J connectivity index is 2.24. The van der Waals surface area contributed by atoms with Gasteiger partial charge in [-0.15, -0.1) is 0 Å². The molecular formula is C17H19ClO6. The van der Waals surface area contributed by atoms with Gasteiger partial charge in [-0.1, -0.05) is 18.5 Å². The largest absolute Gasteiger partial charge is 0.497 e. The van der Waals surface area contributed by atoms with Crippen molar-refractivity contribution < 1.29 is 28.8 Å². The molecule has 3 atom stereocenters. The van der Waals surface area contributed by atoms with E-state index in [2.05, 4.69) is 0 Å². The number of halogens is 1. The van der Waals surface area contributed by atoms with Crippen LogP contribution in [0.2, 0.25) is 5.02 Å². The minimum absolute atomic E-state index is 0.201. The Morgan fingerprint density at radius 1 is 1.25 bits per heavy atom. The van der Waals surface area contributed by atoms with E-state index in [4.69, 9.17) is 30.5 Å². The Bertz CT molecular complexity index is 728. The molecule has 7 heteroatoms. The van der Waals surface area contributed by atoms with Crippen LogP contribution in [0, 0.1) is 5.92 Å². The third-order valence-corrected chi connectivity index (χ3v) is 5.00. The highest BCUT2D eigenvalue weighted by Gasteiger charge is 2.59. The number of aliphatic hydroxyl groups excluding tert-OH is 1. The van der Waals surface area contributed by atoms with E-state index in [-0.39, 0.29) is 33.8 Å². The lowest BCUT2D eigenvalue weighted by molar-refractivity contribution is -0.00265. The maximum absolute atomic E-state index is 13.3. The predicted molar refractivity (Wildman–Crippen MR) is 87.1 cm³/mol. The number of benzene rings is 1. The van der Waals surface area contributed by atoms with Gasteiger partial charge >= 0.3 is 0 Å². The molecule has 0 aromatic heterocycles. The Morgan fingerprint density at radius 3 is 2.50 bits per heavy atom. The first kappa shape index (κ1) is 16.9. The molecule has 1 spiro atoms. The van der Waals surface area contributed by atoms with E-state index in [1.165, 1.54) is 27.4 Å². The highest BCUT2D eigenvalue weighted by Crippen LogP contribution is 2.54. The van der Waals surface area contributed by atoms with Gasteiger partial charge in [0.1, 0.15) is 27.8 Å². The number of hydrogen-bond acceptors (Lipinski definition) is 6. The molecule has 0 bridgehead atoms. The van der Waals surface area contributed by atoms with Gasteiger partial charge in [-0.05, 0) is 12.5 Å². The van der Waals surface area contributed by atoms with Gasteiger partial charge in [0.05, 0.1) is 27.4 Å². The molecule has 1 heterocycles. The van der Waals surface area contributed by atoms with Crippen molar-refractivity contribution in [1.29, 1.82) is 0 Å². The number of Topliss-reactive ketones (excluding diaryl/α,β-unsaturated/α-hetero) is 1. The van der Waals surface area contributed by atoms with E-state index in [0.717, 1.165) is 0 Å². The normalized spacial score (nSPS) is 28.2. The van der Waals surface area contributed by atoms with Gasteiger partial charge in [-0.25, -0.2) is 0 Å². The SMILES string of the molecule is COC1=C[C@@H](O)C[C@@H](C)[C@@]12Oc1c(Cl)c(OC)cc(OC)c1C2=O. The van der Waals surface area contributed by atoms with Crippen LogP contribution in [-0.4, -0.2) is 43.9 Å². The number of ketones is 1. The zero-order valence-corrected chi connectivity index (χ0v) is 14.6. The number of aliphatic hydroxyl groups is 1. The zero-order valence-electron chi connectivity index (χ0n) is 13.9. The number of rotatable bonds is 3. The van der Waals surface area contributed by atoms with Crippen LogP contribution in [-0.2, 0) is 4.74 Å². The van der Waals surface area contributed by atoms with Crippen LogP contribution < -0.4 is 14.2 Å². The monoisotopic (exact) mass is 354 g/mol. The lowest BCUT2D eigenvalue weighted by atomic mass is 9.75. The molecule has 2 aliphatic rings. The van der Waals surface area contributed by atoms with E-state index in [1.807, 2.05) is 6.92 Å². The molecule has 0 radical (unpaired) electrons. The van der Waals surface area contributed by atoms with Crippen LogP contribution >= 0.6 is 11.6 Å². The second kappa shape index (κ2) is 5.86. The quantitative estimate of drug-likeness (QED) is 0.899. The maximum atomic E-state index is 13.3. The molecule has 1 aromatic carbocycles. The molecular weight excluding hydrogens is 336 g/mol. The molecule has 130 valence electrons. The zero-order chi connectivity index (χ0) is 17.6. The standard InChI is InChI=1S/C17H19ClO6/c1-8-5-9(19)6-12(23-4)17(8)16(20)13-10(21-2)7-11(22-3)14(18)15(13)24-17/h6-9,19H,5H2,1-4H3/t8-,9+,17-/m1/s1. The summed E-state index contributed by atoms with van der Waals surface area (Å²) in [6.45, 7) is 1.83. The van der Waals surface area contributed by atoms with Gasteiger partial charge in [0.2, 0.25) is 11.4 Å². The molecule has 1 aromatic rings. The summed E-state index contributed by atoms with van der Waals surface area (Å²) in [5.74, 6) is 0.534. The fourth-order valence-corrected chi connectivity index (χ4v) is 3.71. The molecule has 24 heavy (non-hydrogen) atoms. The third kappa shape index (κ3) is 2.09. The Labute approximate surface area is 144 Å². The highest BCUT2D eigenvalue weighted by atomic mass is 35.5. The first-order valence-electron chi connectivity index (χ1n) is 7.53. The topological polar surface area (TPSA) is 74.2 Å². The van der Waals surface area contributed by atoms with Crippen LogP contribution in [0.5, 0.6) is 17.2 Å². The fraction of sp³-hybridized carbons (Fsp3) is 0.471. The molecule has 0 saturated heterocycles. The number of fused-ring (bicyclic) bond motifs is 1.